The summed E-state index contributed by atoms with van der Waals surface area (Å²) in [7, 11) is 0. The number of nitrogens with one attached hydrogen (secondary N) is 1. The van der Waals surface area contributed by atoms with E-state index in [0.717, 1.165) is 16.9 Å². The van der Waals surface area contributed by atoms with Crippen molar-refractivity contribution >= 4 is 23.2 Å². The van der Waals surface area contributed by atoms with Crippen LogP contribution in [0.1, 0.15) is 16.1 Å². The van der Waals surface area contributed by atoms with Crippen molar-refractivity contribution in [3.8, 4) is 17.0 Å². The number of carbonyl (C=O) groups excluding carboxylic acids is 1. The van der Waals surface area contributed by atoms with Gasteiger partial charge in [-0.05, 0) is 37.3 Å². The zero-order chi connectivity index (χ0) is 18.8. The first-order chi connectivity index (χ1) is 13.1. The molecule has 0 unspecified atom stereocenters. The van der Waals surface area contributed by atoms with Crippen LogP contribution in [-0.2, 0) is 0 Å². The third-order valence-corrected chi connectivity index (χ3v) is 4.38. The number of benzene rings is 2. The van der Waals surface area contributed by atoms with Crippen molar-refractivity contribution < 1.29 is 9.21 Å². The molecule has 0 spiro atoms. The summed E-state index contributed by atoms with van der Waals surface area (Å²) in [5, 5.41) is 7.83. The highest BCUT2D eigenvalue weighted by atomic mass is 35.5. The van der Waals surface area contributed by atoms with Crippen LogP contribution < -0.4 is 5.32 Å². The average molecular weight is 379 g/mol. The first-order valence-electron chi connectivity index (χ1n) is 8.22. The zero-order valence-corrected chi connectivity index (χ0v) is 15.1. The number of carbonyl (C=O) groups is 1. The Hall–Kier alpha value is -3.38. The Bertz CT molecular complexity index is 1100. The van der Waals surface area contributed by atoms with Crippen LogP contribution in [0.2, 0.25) is 5.02 Å². The normalized spacial score (nSPS) is 10.7. The SMILES string of the molecule is Cc1c(C(=O)Nc2cccc(-c3cnco3)c2)cnn1-c1cccc(Cl)c1. The first-order valence-corrected chi connectivity index (χ1v) is 8.60. The number of halogens is 1. The highest BCUT2D eigenvalue weighted by Crippen LogP contribution is 2.23. The molecule has 0 aliphatic carbocycles. The second-order valence-corrected chi connectivity index (χ2v) is 6.37. The van der Waals surface area contributed by atoms with Crippen molar-refractivity contribution in [2.24, 2.45) is 0 Å². The van der Waals surface area contributed by atoms with E-state index in [4.69, 9.17) is 16.0 Å². The lowest BCUT2D eigenvalue weighted by Crippen LogP contribution is -2.13. The van der Waals surface area contributed by atoms with Crippen LogP contribution in [0.15, 0.2) is 71.7 Å². The summed E-state index contributed by atoms with van der Waals surface area (Å²) in [5.41, 5.74) is 3.49. The van der Waals surface area contributed by atoms with Gasteiger partial charge in [-0.15, -0.1) is 0 Å². The van der Waals surface area contributed by atoms with E-state index in [9.17, 15) is 4.79 Å². The fraction of sp³-hybridized carbons (Fsp3) is 0.0500. The molecule has 0 radical (unpaired) electrons. The zero-order valence-electron chi connectivity index (χ0n) is 14.4. The molecule has 4 aromatic rings. The Balaban J connectivity index is 1.59. The van der Waals surface area contributed by atoms with E-state index in [1.807, 2.05) is 43.3 Å². The topological polar surface area (TPSA) is 73.0 Å². The molecule has 134 valence electrons. The quantitative estimate of drug-likeness (QED) is 0.556. The van der Waals surface area contributed by atoms with Gasteiger partial charge >= 0.3 is 0 Å². The van der Waals surface area contributed by atoms with Gasteiger partial charge in [0.2, 0.25) is 0 Å². The molecule has 7 heteroatoms. The number of nitrogens with zero attached hydrogens (tertiary/aromatic N) is 3. The van der Waals surface area contributed by atoms with Crippen LogP contribution in [-0.4, -0.2) is 20.7 Å². The van der Waals surface area contributed by atoms with Crippen molar-refractivity contribution in [3.05, 3.63) is 83.6 Å². The molecule has 0 saturated carbocycles. The number of rotatable bonds is 4. The summed E-state index contributed by atoms with van der Waals surface area (Å²) in [4.78, 5) is 16.6. The molecule has 0 fully saturated rings. The number of aromatic nitrogens is 3. The molecule has 2 aromatic carbocycles. The number of anilines is 1. The lowest BCUT2D eigenvalue weighted by atomic mass is 10.1. The van der Waals surface area contributed by atoms with E-state index in [1.165, 1.54) is 6.39 Å². The smallest absolute Gasteiger partial charge is 0.259 e. The predicted octanol–water partition coefficient (Wildman–Crippen LogP) is 4.74. The van der Waals surface area contributed by atoms with Gasteiger partial charge in [-0.25, -0.2) is 9.67 Å². The van der Waals surface area contributed by atoms with Gasteiger partial charge in [-0.2, -0.15) is 5.10 Å². The summed E-state index contributed by atoms with van der Waals surface area (Å²) >= 11 is 6.05. The summed E-state index contributed by atoms with van der Waals surface area (Å²) in [5.74, 6) is 0.395. The molecule has 27 heavy (non-hydrogen) atoms. The largest absolute Gasteiger partial charge is 0.444 e. The second kappa shape index (κ2) is 7.09. The van der Waals surface area contributed by atoms with Crippen molar-refractivity contribution in [1.82, 2.24) is 14.8 Å². The molecule has 4 rings (SSSR count). The summed E-state index contributed by atoms with van der Waals surface area (Å²) in [6.45, 7) is 1.84. The van der Waals surface area contributed by atoms with E-state index >= 15 is 0 Å². The summed E-state index contributed by atoms with van der Waals surface area (Å²) < 4.78 is 6.98. The third-order valence-electron chi connectivity index (χ3n) is 4.14. The van der Waals surface area contributed by atoms with Crippen molar-refractivity contribution in [2.45, 2.75) is 6.92 Å². The van der Waals surface area contributed by atoms with E-state index in [-0.39, 0.29) is 5.91 Å². The van der Waals surface area contributed by atoms with E-state index in [0.29, 0.717) is 22.0 Å². The minimum Gasteiger partial charge on any atom is -0.444 e. The van der Waals surface area contributed by atoms with E-state index in [2.05, 4.69) is 15.4 Å². The molecule has 2 heterocycles. The average Bonchev–Trinajstić information content (AvgIpc) is 3.32. The molecule has 0 bridgehead atoms. The summed E-state index contributed by atoms with van der Waals surface area (Å²) in [6.07, 6.45) is 4.54. The van der Waals surface area contributed by atoms with Gasteiger partial charge in [0.15, 0.2) is 12.2 Å². The maximum Gasteiger partial charge on any atom is 0.259 e. The number of amides is 1. The molecule has 0 aliphatic rings. The number of hydrogen-bond donors (Lipinski definition) is 1. The maximum atomic E-state index is 12.7. The minimum absolute atomic E-state index is 0.240. The van der Waals surface area contributed by atoms with Crippen molar-refractivity contribution in [2.75, 3.05) is 5.32 Å². The van der Waals surface area contributed by atoms with Crippen molar-refractivity contribution in [3.63, 3.8) is 0 Å². The fourth-order valence-corrected chi connectivity index (χ4v) is 2.99. The second-order valence-electron chi connectivity index (χ2n) is 5.94. The Kier molecular flexibility index (Phi) is 4.48. The molecule has 0 aliphatic heterocycles. The van der Waals surface area contributed by atoms with Crippen LogP contribution in [0.25, 0.3) is 17.0 Å². The Morgan fingerprint density at radius 2 is 2.00 bits per heavy atom. The monoisotopic (exact) mass is 378 g/mol. The highest BCUT2D eigenvalue weighted by molar-refractivity contribution is 6.30. The van der Waals surface area contributed by atoms with E-state index in [1.54, 1.807) is 29.2 Å². The minimum atomic E-state index is -0.240. The number of hydrogen-bond acceptors (Lipinski definition) is 4. The molecule has 1 N–H and O–H groups in total. The van der Waals surface area contributed by atoms with Crippen LogP contribution in [0.4, 0.5) is 5.69 Å². The first kappa shape index (κ1) is 17.1. The van der Waals surface area contributed by atoms with Crippen molar-refractivity contribution in [1.29, 1.82) is 0 Å². The van der Waals surface area contributed by atoms with Gasteiger partial charge < -0.3 is 9.73 Å². The molecule has 0 atom stereocenters. The van der Waals surface area contributed by atoms with Gasteiger partial charge in [0, 0.05) is 16.3 Å². The molecule has 2 aromatic heterocycles. The Morgan fingerprint density at radius 1 is 1.15 bits per heavy atom. The predicted molar refractivity (Wildman–Crippen MR) is 103 cm³/mol. The van der Waals surface area contributed by atoms with Crippen LogP contribution in [0.3, 0.4) is 0 Å². The van der Waals surface area contributed by atoms with Gasteiger partial charge in [-0.3, -0.25) is 4.79 Å². The lowest BCUT2D eigenvalue weighted by Gasteiger charge is -2.08. The maximum absolute atomic E-state index is 12.7. The fourth-order valence-electron chi connectivity index (χ4n) is 2.81. The van der Waals surface area contributed by atoms with Crippen LogP contribution in [0.5, 0.6) is 0 Å². The third kappa shape index (κ3) is 3.47. The molecule has 0 saturated heterocycles. The van der Waals surface area contributed by atoms with Crippen LogP contribution in [0, 0.1) is 6.92 Å². The Labute approximate surface area is 160 Å². The van der Waals surface area contributed by atoms with Gasteiger partial charge in [-0.1, -0.05) is 29.8 Å². The number of oxazole rings is 1. The summed E-state index contributed by atoms with van der Waals surface area (Å²) in [6, 6.07) is 14.7. The standard InChI is InChI=1S/C20H15ClN4O2/c1-13-18(10-23-25(13)17-7-3-5-15(21)9-17)20(26)24-16-6-2-4-14(8-16)19-11-22-12-27-19/h2-12H,1H3,(H,24,26). The Morgan fingerprint density at radius 3 is 2.78 bits per heavy atom. The highest BCUT2D eigenvalue weighted by Gasteiger charge is 2.16. The van der Waals surface area contributed by atoms with Gasteiger partial charge in [0.25, 0.3) is 5.91 Å². The molecular weight excluding hydrogens is 364 g/mol. The van der Waals surface area contributed by atoms with Gasteiger partial charge in [0.1, 0.15) is 0 Å². The molecule has 6 nitrogen and oxygen atoms in total. The molecule has 1 amide bonds. The van der Waals surface area contributed by atoms with Gasteiger partial charge in [0.05, 0.1) is 29.3 Å². The van der Waals surface area contributed by atoms with E-state index < -0.39 is 0 Å². The van der Waals surface area contributed by atoms with Crippen LogP contribution >= 0.6 is 11.6 Å². The lowest BCUT2D eigenvalue weighted by molar-refractivity contribution is 0.102. The molecular formula is C20H15ClN4O2.